The van der Waals surface area contributed by atoms with Gasteiger partial charge >= 0.3 is 0 Å². The molecule has 158 valence electrons. The van der Waals surface area contributed by atoms with E-state index in [0.717, 1.165) is 56.5 Å². The maximum Gasteiger partial charge on any atom is 0.191 e. The van der Waals surface area contributed by atoms with Gasteiger partial charge in [-0.05, 0) is 42.8 Å². The molecular formula is C20H29ClIN7. The number of rotatable bonds is 6. The molecule has 0 atom stereocenters. The van der Waals surface area contributed by atoms with E-state index < -0.39 is 0 Å². The molecule has 7 nitrogen and oxygen atoms in total. The van der Waals surface area contributed by atoms with Gasteiger partial charge in [-0.1, -0.05) is 17.7 Å². The molecule has 1 aliphatic rings. The van der Waals surface area contributed by atoms with Gasteiger partial charge in [0.25, 0.3) is 0 Å². The predicted octanol–water partition coefficient (Wildman–Crippen LogP) is 2.41. The SMILES string of the molecule is CN=C(NCCc1ccc(Cl)nc1)NCc1ccnc(N2CCN(C)CC2)c1.I. The number of nitrogens with zero attached hydrogens (tertiary/aromatic N) is 5. The van der Waals surface area contributed by atoms with Crippen LogP contribution in [0.5, 0.6) is 0 Å². The molecule has 2 N–H and O–H groups in total. The second-order valence-electron chi connectivity index (χ2n) is 6.90. The molecule has 1 saturated heterocycles. The zero-order valence-corrected chi connectivity index (χ0v) is 20.0. The fraction of sp³-hybridized carbons (Fsp3) is 0.450. The molecular weight excluding hydrogens is 501 g/mol. The molecule has 3 rings (SSSR count). The number of anilines is 1. The van der Waals surface area contributed by atoms with E-state index in [9.17, 15) is 0 Å². The highest BCUT2D eigenvalue weighted by Gasteiger charge is 2.15. The van der Waals surface area contributed by atoms with Crippen LogP contribution in [-0.4, -0.2) is 67.6 Å². The number of pyridine rings is 2. The number of hydrogen-bond donors (Lipinski definition) is 2. The first-order valence-corrected chi connectivity index (χ1v) is 9.95. The van der Waals surface area contributed by atoms with Crippen molar-refractivity contribution in [1.29, 1.82) is 0 Å². The number of halogens is 2. The summed E-state index contributed by atoms with van der Waals surface area (Å²) in [6.07, 6.45) is 4.54. The molecule has 29 heavy (non-hydrogen) atoms. The summed E-state index contributed by atoms with van der Waals surface area (Å²) in [6, 6.07) is 8.00. The van der Waals surface area contributed by atoms with Crippen LogP contribution in [0.15, 0.2) is 41.7 Å². The second kappa shape index (κ2) is 12.1. The van der Waals surface area contributed by atoms with E-state index in [1.54, 1.807) is 13.2 Å². The first-order chi connectivity index (χ1) is 13.6. The molecule has 0 radical (unpaired) electrons. The number of likely N-dealkylation sites (N-methyl/N-ethyl adjacent to an activating group) is 1. The van der Waals surface area contributed by atoms with Gasteiger partial charge in [-0.2, -0.15) is 0 Å². The fourth-order valence-corrected chi connectivity index (χ4v) is 3.18. The van der Waals surface area contributed by atoms with Gasteiger partial charge in [-0.25, -0.2) is 9.97 Å². The third-order valence-electron chi connectivity index (χ3n) is 4.82. The minimum absolute atomic E-state index is 0. The van der Waals surface area contributed by atoms with Crippen LogP contribution in [0.3, 0.4) is 0 Å². The van der Waals surface area contributed by atoms with Crippen molar-refractivity contribution in [3.63, 3.8) is 0 Å². The highest BCUT2D eigenvalue weighted by Crippen LogP contribution is 2.14. The van der Waals surface area contributed by atoms with E-state index in [4.69, 9.17) is 11.6 Å². The lowest BCUT2D eigenvalue weighted by molar-refractivity contribution is 0.312. The number of piperazine rings is 1. The van der Waals surface area contributed by atoms with Crippen LogP contribution in [0, 0.1) is 0 Å². The number of aromatic nitrogens is 2. The summed E-state index contributed by atoms with van der Waals surface area (Å²) in [6.45, 7) is 5.65. The Bertz CT molecular complexity index is 777. The molecule has 0 aromatic carbocycles. The van der Waals surface area contributed by atoms with Gasteiger partial charge in [-0.15, -0.1) is 24.0 Å². The smallest absolute Gasteiger partial charge is 0.191 e. The van der Waals surface area contributed by atoms with Crippen LogP contribution in [0.2, 0.25) is 5.15 Å². The third kappa shape index (κ3) is 7.60. The number of nitrogens with one attached hydrogen (secondary N) is 2. The summed E-state index contributed by atoms with van der Waals surface area (Å²) in [5, 5.41) is 7.21. The molecule has 0 unspecified atom stereocenters. The maximum absolute atomic E-state index is 5.82. The average molecular weight is 530 g/mol. The third-order valence-corrected chi connectivity index (χ3v) is 5.04. The van der Waals surface area contributed by atoms with Gasteiger partial charge in [0.15, 0.2) is 5.96 Å². The van der Waals surface area contributed by atoms with Crippen LogP contribution in [0.1, 0.15) is 11.1 Å². The summed E-state index contributed by atoms with van der Waals surface area (Å²) in [7, 11) is 3.94. The van der Waals surface area contributed by atoms with E-state index in [1.165, 1.54) is 5.56 Å². The predicted molar refractivity (Wildman–Crippen MR) is 131 cm³/mol. The molecule has 0 amide bonds. The Morgan fingerprint density at radius 2 is 1.90 bits per heavy atom. The molecule has 0 spiro atoms. The second-order valence-corrected chi connectivity index (χ2v) is 7.29. The highest BCUT2D eigenvalue weighted by molar-refractivity contribution is 14.0. The van der Waals surface area contributed by atoms with Crippen LogP contribution in [0.4, 0.5) is 5.82 Å². The maximum atomic E-state index is 5.82. The Labute approximate surface area is 195 Å². The van der Waals surface area contributed by atoms with E-state index in [0.29, 0.717) is 11.7 Å². The molecule has 2 aromatic heterocycles. The Morgan fingerprint density at radius 3 is 2.59 bits per heavy atom. The first kappa shape index (κ1) is 23.6. The molecule has 9 heteroatoms. The summed E-state index contributed by atoms with van der Waals surface area (Å²) < 4.78 is 0. The van der Waals surface area contributed by atoms with Gasteiger partial charge in [0.1, 0.15) is 11.0 Å². The van der Waals surface area contributed by atoms with Gasteiger partial charge in [-0.3, -0.25) is 4.99 Å². The van der Waals surface area contributed by atoms with Gasteiger partial charge < -0.3 is 20.4 Å². The van der Waals surface area contributed by atoms with Crippen LogP contribution < -0.4 is 15.5 Å². The molecule has 2 aromatic rings. The van der Waals surface area contributed by atoms with Gasteiger partial charge in [0, 0.05) is 58.7 Å². The Balaban J connectivity index is 0.00000300. The number of aliphatic imine (C=N–C) groups is 1. The minimum atomic E-state index is 0. The van der Waals surface area contributed by atoms with E-state index in [-0.39, 0.29) is 24.0 Å². The van der Waals surface area contributed by atoms with Gasteiger partial charge in [0.05, 0.1) is 0 Å². The van der Waals surface area contributed by atoms with Crippen molar-refractivity contribution < 1.29 is 0 Å². The highest BCUT2D eigenvalue weighted by atomic mass is 127. The van der Waals surface area contributed by atoms with Crippen LogP contribution in [-0.2, 0) is 13.0 Å². The van der Waals surface area contributed by atoms with Gasteiger partial charge in [0.2, 0.25) is 0 Å². The normalized spacial score (nSPS) is 15.0. The lowest BCUT2D eigenvalue weighted by Gasteiger charge is -2.33. The topological polar surface area (TPSA) is 68.7 Å². The molecule has 3 heterocycles. The number of guanidine groups is 1. The summed E-state index contributed by atoms with van der Waals surface area (Å²) in [5.41, 5.74) is 2.33. The summed E-state index contributed by atoms with van der Waals surface area (Å²) in [5.74, 6) is 1.82. The molecule has 1 fully saturated rings. The average Bonchev–Trinajstić information content (AvgIpc) is 2.72. The first-order valence-electron chi connectivity index (χ1n) is 9.57. The monoisotopic (exact) mass is 529 g/mol. The minimum Gasteiger partial charge on any atom is -0.356 e. The Kier molecular flexibility index (Phi) is 9.89. The summed E-state index contributed by atoms with van der Waals surface area (Å²) >= 11 is 5.82. The Hall–Kier alpha value is -1.65. The molecule has 0 aliphatic carbocycles. The molecule has 0 saturated carbocycles. The standard InChI is InChI=1S/C20H28ClN7.HI/c1-22-20(24-8-5-16-3-4-18(21)25-14-16)26-15-17-6-7-23-19(13-17)28-11-9-27(2)10-12-28;/h3-4,6-7,13-14H,5,8-12,15H2,1-2H3,(H2,22,24,26);1H. The van der Waals surface area contributed by atoms with E-state index in [2.05, 4.69) is 48.5 Å². The quantitative estimate of drug-likeness (QED) is 0.259. The lowest BCUT2D eigenvalue weighted by atomic mass is 10.2. The van der Waals surface area contributed by atoms with E-state index >= 15 is 0 Å². The van der Waals surface area contributed by atoms with Crippen molar-refractivity contribution in [2.45, 2.75) is 13.0 Å². The van der Waals surface area contributed by atoms with Crippen molar-refractivity contribution in [3.05, 3.63) is 52.9 Å². The fourth-order valence-electron chi connectivity index (χ4n) is 3.06. The van der Waals surface area contributed by atoms with Crippen LogP contribution in [0.25, 0.3) is 0 Å². The summed E-state index contributed by atoms with van der Waals surface area (Å²) in [4.78, 5) is 17.6. The van der Waals surface area contributed by atoms with Crippen molar-refractivity contribution in [3.8, 4) is 0 Å². The lowest BCUT2D eigenvalue weighted by Crippen LogP contribution is -2.44. The van der Waals surface area contributed by atoms with Crippen LogP contribution >= 0.6 is 35.6 Å². The molecule has 0 bridgehead atoms. The van der Waals surface area contributed by atoms with Crippen molar-refractivity contribution in [2.24, 2.45) is 4.99 Å². The Morgan fingerprint density at radius 1 is 1.10 bits per heavy atom. The molecule has 1 aliphatic heterocycles. The number of hydrogen-bond acceptors (Lipinski definition) is 5. The largest absolute Gasteiger partial charge is 0.356 e. The van der Waals surface area contributed by atoms with Crippen molar-refractivity contribution in [2.75, 3.05) is 51.7 Å². The zero-order valence-electron chi connectivity index (χ0n) is 16.9. The van der Waals surface area contributed by atoms with Crippen molar-refractivity contribution in [1.82, 2.24) is 25.5 Å². The van der Waals surface area contributed by atoms with E-state index in [1.807, 2.05) is 24.4 Å². The van der Waals surface area contributed by atoms with Crippen molar-refractivity contribution >= 4 is 47.4 Å². The zero-order chi connectivity index (χ0) is 19.8.